The number of aromatic nitrogens is 1. The minimum absolute atomic E-state index is 0.533. The summed E-state index contributed by atoms with van der Waals surface area (Å²) in [7, 11) is 0. The smallest absolute Gasteiger partial charge is 0.382 e. The molecule has 0 spiro atoms. The first-order valence-electron chi connectivity index (χ1n) is 4.55. The highest BCUT2D eigenvalue weighted by atomic mass is 16.5. The van der Waals surface area contributed by atoms with E-state index >= 15 is 0 Å². The largest absolute Gasteiger partial charge is 0.492 e. The van der Waals surface area contributed by atoms with Crippen LogP contribution in [0.25, 0.3) is 0 Å². The van der Waals surface area contributed by atoms with Crippen LogP contribution in [0, 0.1) is 11.8 Å². The lowest BCUT2D eigenvalue weighted by Gasteiger charge is -2.02. The summed E-state index contributed by atoms with van der Waals surface area (Å²) in [6.45, 7) is 2.61. The highest BCUT2D eigenvalue weighted by Crippen LogP contribution is 2.10. The Morgan fingerprint density at radius 3 is 3.07 bits per heavy atom. The van der Waals surface area contributed by atoms with Crippen molar-refractivity contribution in [2.24, 2.45) is 0 Å². The summed E-state index contributed by atoms with van der Waals surface area (Å²) in [6, 6.07) is 1.67. The van der Waals surface area contributed by atoms with Crippen LogP contribution in [0.5, 0.6) is 5.75 Å². The zero-order chi connectivity index (χ0) is 11.1. The Morgan fingerprint density at radius 1 is 1.60 bits per heavy atom. The molecule has 0 saturated carbocycles. The molecule has 0 aromatic carbocycles. The predicted octanol–water partition coefficient (Wildman–Crippen LogP) is 1.31. The molecule has 0 atom stereocenters. The average molecular weight is 205 g/mol. The molecule has 4 heteroatoms. The molecule has 0 fully saturated rings. The van der Waals surface area contributed by atoms with Gasteiger partial charge in [-0.15, -0.1) is 0 Å². The van der Waals surface area contributed by atoms with Gasteiger partial charge in [0.15, 0.2) is 0 Å². The van der Waals surface area contributed by atoms with Gasteiger partial charge in [0.05, 0.1) is 12.8 Å². The van der Waals surface area contributed by atoms with E-state index in [0.29, 0.717) is 17.9 Å². The molecule has 15 heavy (non-hydrogen) atoms. The molecule has 0 bridgehead atoms. The SMILES string of the molecule is CCCOc1cncc(C#CC(=O)O)c1. The number of aliphatic carboxylic acids is 1. The van der Waals surface area contributed by atoms with Gasteiger partial charge < -0.3 is 9.84 Å². The Morgan fingerprint density at radius 2 is 2.40 bits per heavy atom. The molecule has 0 radical (unpaired) electrons. The quantitative estimate of drug-likeness (QED) is 0.756. The van der Waals surface area contributed by atoms with Crippen molar-refractivity contribution < 1.29 is 14.6 Å². The van der Waals surface area contributed by atoms with Gasteiger partial charge in [-0.05, 0) is 12.5 Å². The van der Waals surface area contributed by atoms with Crippen LogP contribution >= 0.6 is 0 Å². The molecule has 1 heterocycles. The molecule has 0 saturated heterocycles. The van der Waals surface area contributed by atoms with Crippen molar-refractivity contribution in [3.05, 3.63) is 24.0 Å². The number of nitrogens with zero attached hydrogens (tertiary/aromatic N) is 1. The molecule has 0 unspecified atom stereocenters. The minimum Gasteiger partial charge on any atom is -0.492 e. The van der Waals surface area contributed by atoms with Crippen LogP contribution < -0.4 is 4.74 Å². The van der Waals surface area contributed by atoms with Gasteiger partial charge >= 0.3 is 5.97 Å². The number of carboxylic acid groups (broad SMARTS) is 1. The molecule has 78 valence electrons. The second-order valence-corrected chi connectivity index (χ2v) is 2.81. The number of hydrogen-bond acceptors (Lipinski definition) is 3. The van der Waals surface area contributed by atoms with Crippen molar-refractivity contribution in [3.8, 4) is 17.6 Å². The van der Waals surface area contributed by atoms with Crippen LogP contribution in [0.1, 0.15) is 18.9 Å². The maximum absolute atomic E-state index is 10.2. The fraction of sp³-hybridized carbons (Fsp3) is 0.273. The van der Waals surface area contributed by atoms with Gasteiger partial charge in [0, 0.05) is 17.7 Å². The third-order valence-electron chi connectivity index (χ3n) is 1.50. The zero-order valence-electron chi connectivity index (χ0n) is 8.36. The van der Waals surface area contributed by atoms with Gasteiger partial charge in [-0.2, -0.15) is 0 Å². The third kappa shape index (κ3) is 4.14. The summed E-state index contributed by atoms with van der Waals surface area (Å²) >= 11 is 0. The van der Waals surface area contributed by atoms with E-state index in [9.17, 15) is 4.79 Å². The molecule has 0 aliphatic rings. The van der Waals surface area contributed by atoms with E-state index in [4.69, 9.17) is 9.84 Å². The molecule has 1 rings (SSSR count). The van der Waals surface area contributed by atoms with Crippen molar-refractivity contribution in [1.29, 1.82) is 0 Å². The molecule has 1 aromatic heterocycles. The van der Waals surface area contributed by atoms with Crippen molar-refractivity contribution in [2.75, 3.05) is 6.61 Å². The second-order valence-electron chi connectivity index (χ2n) is 2.81. The number of rotatable bonds is 3. The monoisotopic (exact) mass is 205 g/mol. The van der Waals surface area contributed by atoms with E-state index in [-0.39, 0.29) is 0 Å². The van der Waals surface area contributed by atoms with Crippen LogP contribution in [0.15, 0.2) is 18.5 Å². The van der Waals surface area contributed by atoms with Gasteiger partial charge in [0.1, 0.15) is 5.75 Å². The maximum Gasteiger partial charge on any atom is 0.382 e. The number of pyridine rings is 1. The molecule has 0 aliphatic heterocycles. The van der Waals surface area contributed by atoms with Crippen LogP contribution in [0.4, 0.5) is 0 Å². The predicted molar refractivity (Wildman–Crippen MR) is 54.5 cm³/mol. The lowest BCUT2D eigenvalue weighted by molar-refractivity contribution is -0.130. The van der Waals surface area contributed by atoms with Crippen LogP contribution in [-0.4, -0.2) is 22.7 Å². The van der Waals surface area contributed by atoms with E-state index in [0.717, 1.165) is 6.42 Å². The Bertz CT molecular complexity index is 404. The molecule has 1 aromatic rings. The summed E-state index contributed by atoms with van der Waals surface area (Å²) in [5.74, 6) is 3.93. The highest BCUT2D eigenvalue weighted by molar-refractivity contribution is 5.87. The van der Waals surface area contributed by atoms with Gasteiger partial charge in [0.25, 0.3) is 0 Å². The van der Waals surface area contributed by atoms with Crippen molar-refractivity contribution in [3.63, 3.8) is 0 Å². The summed E-state index contributed by atoms with van der Waals surface area (Å²) in [4.78, 5) is 14.1. The van der Waals surface area contributed by atoms with Gasteiger partial charge in [-0.3, -0.25) is 4.98 Å². The van der Waals surface area contributed by atoms with Crippen molar-refractivity contribution in [2.45, 2.75) is 13.3 Å². The van der Waals surface area contributed by atoms with Gasteiger partial charge in [0.2, 0.25) is 0 Å². The summed E-state index contributed by atoms with van der Waals surface area (Å²) in [5, 5.41) is 8.36. The molecule has 4 nitrogen and oxygen atoms in total. The molecule has 0 amide bonds. The summed E-state index contributed by atoms with van der Waals surface area (Å²) in [6.07, 6.45) is 3.97. The fourth-order valence-corrected chi connectivity index (χ4v) is 0.912. The lowest BCUT2D eigenvalue weighted by atomic mass is 10.3. The summed E-state index contributed by atoms with van der Waals surface area (Å²) in [5.41, 5.74) is 0.533. The van der Waals surface area contributed by atoms with Crippen LogP contribution in [0.2, 0.25) is 0 Å². The standard InChI is InChI=1S/C11H11NO3/c1-2-5-15-10-6-9(7-12-8-10)3-4-11(13)14/h6-8H,2,5H2,1H3,(H,13,14). The normalized spacial score (nSPS) is 8.87. The van der Waals surface area contributed by atoms with Gasteiger partial charge in [-0.1, -0.05) is 12.8 Å². The van der Waals surface area contributed by atoms with Gasteiger partial charge in [-0.25, -0.2) is 4.79 Å². The first kappa shape index (κ1) is 11.1. The number of ether oxygens (including phenoxy) is 1. The number of hydrogen-bond donors (Lipinski definition) is 1. The van der Waals surface area contributed by atoms with Crippen LogP contribution in [-0.2, 0) is 4.79 Å². The highest BCUT2D eigenvalue weighted by Gasteiger charge is 1.95. The first-order valence-corrected chi connectivity index (χ1v) is 4.55. The third-order valence-corrected chi connectivity index (χ3v) is 1.50. The fourth-order valence-electron chi connectivity index (χ4n) is 0.912. The van der Waals surface area contributed by atoms with E-state index in [1.807, 2.05) is 12.8 Å². The Kier molecular flexibility index (Phi) is 4.17. The average Bonchev–Trinajstić information content (AvgIpc) is 2.24. The van der Waals surface area contributed by atoms with Crippen LogP contribution in [0.3, 0.4) is 0 Å². The molecular formula is C11H11NO3. The Hall–Kier alpha value is -2.02. The van der Waals surface area contributed by atoms with E-state index in [1.165, 1.54) is 6.20 Å². The zero-order valence-corrected chi connectivity index (χ0v) is 8.36. The topological polar surface area (TPSA) is 59.4 Å². The lowest BCUT2D eigenvalue weighted by Crippen LogP contribution is -1.96. The number of carboxylic acids is 1. The minimum atomic E-state index is -1.16. The number of carbonyl (C=O) groups is 1. The maximum atomic E-state index is 10.2. The molecular weight excluding hydrogens is 194 g/mol. The van der Waals surface area contributed by atoms with Crippen molar-refractivity contribution >= 4 is 5.97 Å². The van der Waals surface area contributed by atoms with E-state index < -0.39 is 5.97 Å². The second kappa shape index (κ2) is 5.66. The van der Waals surface area contributed by atoms with E-state index in [1.54, 1.807) is 12.3 Å². The van der Waals surface area contributed by atoms with E-state index in [2.05, 4.69) is 10.9 Å². The molecule has 0 aliphatic carbocycles. The Labute approximate surface area is 87.9 Å². The first-order chi connectivity index (χ1) is 7.22. The Balaban J connectivity index is 2.75. The molecule has 1 N–H and O–H groups in total. The van der Waals surface area contributed by atoms with Crippen molar-refractivity contribution in [1.82, 2.24) is 4.98 Å². The summed E-state index contributed by atoms with van der Waals surface area (Å²) < 4.78 is 5.32.